The van der Waals surface area contributed by atoms with E-state index in [-0.39, 0.29) is 11.6 Å². The van der Waals surface area contributed by atoms with Gasteiger partial charge in [0.1, 0.15) is 11.6 Å². The molecule has 0 unspecified atom stereocenters. The molecule has 26 heavy (non-hydrogen) atoms. The Balaban J connectivity index is 1.86. The van der Waals surface area contributed by atoms with Gasteiger partial charge in [-0.1, -0.05) is 0 Å². The highest BCUT2D eigenvalue weighted by molar-refractivity contribution is 5.90. The van der Waals surface area contributed by atoms with Crippen LogP contribution in [0.4, 0.5) is 10.1 Å². The highest BCUT2D eigenvalue weighted by Crippen LogP contribution is 2.30. The van der Waals surface area contributed by atoms with E-state index in [9.17, 15) is 18.8 Å². The fraction of sp³-hybridized carbons (Fsp3) is 0.294. The molecule has 0 bridgehead atoms. The second-order valence-corrected chi connectivity index (χ2v) is 6.27. The summed E-state index contributed by atoms with van der Waals surface area (Å²) in [7, 11) is 1.70. The molecule has 1 aromatic carbocycles. The molecular weight excluding hydrogens is 341 g/mol. The van der Waals surface area contributed by atoms with E-state index in [1.165, 1.54) is 22.9 Å². The zero-order chi connectivity index (χ0) is 18.4. The smallest absolute Gasteiger partial charge is 0.334 e. The van der Waals surface area contributed by atoms with Crippen LogP contribution in [0.1, 0.15) is 12.8 Å². The first-order valence-corrected chi connectivity index (χ1v) is 8.19. The van der Waals surface area contributed by atoms with Crippen molar-refractivity contribution in [2.45, 2.75) is 12.8 Å². The van der Waals surface area contributed by atoms with Crippen LogP contribution in [0.15, 0.2) is 34.0 Å². The number of anilines is 1. The van der Waals surface area contributed by atoms with Gasteiger partial charge in [-0.25, -0.2) is 9.18 Å². The van der Waals surface area contributed by atoms with Crippen LogP contribution in [0.2, 0.25) is 0 Å². The summed E-state index contributed by atoms with van der Waals surface area (Å²) >= 11 is 0. The maximum absolute atomic E-state index is 14.8. The maximum Gasteiger partial charge on any atom is 0.334 e. The second-order valence-electron chi connectivity index (χ2n) is 6.27. The Labute approximate surface area is 146 Å². The summed E-state index contributed by atoms with van der Waals surface area (Å²) in [6.07, 6.45) is 2.12. The van der Waals surface area contributed by atoms with E-state index < -0.39 is 17.1 Å². The van der Waals surface area contributed by atoms with Crippen LogP contribution < -0.4 is 16.1 Å². The lowest BCUT2D eigenvalue weighted by Gasteiger charge is -2.28. The Bertz CT molecular complexity index is 1130. The minimum Gasteiger partial charge on any atom is -0.368 e. The van der Waals surface area contributed by atoms with Crippen molar-refractivity contribution in [1.82, 2.24) is 19.3 Å². The number of Topliss-reactive ketones (excluding diaryl/α,β-unsaturated/α-hetero) is 1. The predicted octanol–water partition coefficient (Wildman–Crippen LogP) is 0.721. The number of carbonyl (C=O) groups excluding carboxylic acids is 1. The Morgan fingerprint density at radius 1 is 1.15 bits per heavy atom. The lowest BCUT2D eigenvalue weighted by Crippen LogP contribution is -2.34. The minimum atomic E-state index is -0.642. The molecule has 134 valence electrons. The number of aromatic nitrogens is 4. The van der Waals surface area contributed by atoms with Crippen molar-refractivity contribution in [1.29, 1.82) is 0 Å². The van der Waals surface area contributed by atoms with Crippen LogP contribution in [0, 0.1) is 5.82 Å². The van der Waals surface area contributed by atoms with E-state index in [0.717, 1.165) is 0 Å². The van der Waals surface area contributed by atoms with E-state index in [2.05, 4.69) is 10.1 Å². The average molecular weight is 357 g/mol. The number of fused-ring (bicyclic) bond motifs is 1. The van der Waals surface area contributed by atoms with E-state index in [0.29, 0.717) is 42.5 Å². The predicted molar refractivity (Wildman–Crippen MR) is 93.3 cm³/mol. The number of halogens is 1. The monoisotopic (exact) mass is 357 g/mol. The molecule has 2 aromatic heterocycles. The Kier molecular flexibility index (Phi) is 3.71. The van der Waals surface area contributed by atoms with Gasteiger partial charge >= 0.3 is 5.69 Å². The molecule has 3 aromatic rings. The van der Waals surface area contributed by atoms with Crippen molar-refractivity contribution in [3.8, 4) is 5.82 Å². The first kappa shape index (κ1) is 16.2. The number of ketones is 1. The molecule has 0 radical (unpaired) electrons. The van der Waals surface area contributed by atoms with E-state index in [1.807, 2.05) is 4.90 Å². The number of hydrogen-bond acceptors (Lipinski definition) is 5. The van der Waals surface area contributed by atoms with Crippen molar-refractivity contribution >= 4 is 22.4 Å². The molecule has 0 spiro atoms. The summed E-state index contributed by atoms with van der Waals surface area (Å²) in [5.74, 6) is -0.0235. The molecule has 3 heterocycles. The lowest BCUT2D eigenvalue weighted by atomic mass is 10.1. The fourth-order valence-corrected chi connectivity index (χ4v) is 3.25. The molecule has 0 saturated carbocycles. The molecule has 1 aliphatic heterocycles. The molecule has 8 nitrogen and oxygen atoms in total. The molecule has 0 atom stereocenters. The standard InChI is InChI=1S/C17H16FN5O3/c1-21-13-9-14(22-5-2-10(24)3-6-22)12(18)8-11(13)16(20-21)23-7-4-15(25)19-17(23)26/h4,7-9H,2-3,5-6H2,1H3,(H,19,25,26). The van der Waals surface area contributed by atoms with Crippen molar-refractivity contribution in [2.75, 3.05) is 18.0 Å². The third-order valence-corrected chi connectivity index (χ3v) is 4.61. The number of nitrogens with one attached hydrogen (secondary N) is 1. The quantitative estimate of drug-likeness (QED) is 0.730. The van der Waals surface area contributed by atoms with Gasteiger partial charge in [-0.2, -0.15) is 5.10 Å². The largest absolute Gasteiger partial charge is 0.368 e. The van der Waals surface area contributed by atoms with Crippen molar-refractivity contribution in [2.24, 2.45) is 7.05 Å². The summed E-state index contributed by atoms with van der Waals surface area (Å²) in [5.41, 5.74) is -0.101. The van der Waals surface area contributed by atoms with Crippen LogP contribution in [0.3, 0.4) is 0 Å². The third-order valence-electron chi connectivity index (χ3n) is 4.61. The summed E-state index contributed by atoms with van der Waals surface area (Å²) in [4.78, 5) is 38.7. The van der Waals surface area contributed by atoms with Crippen molar-refractivity contribution in [3.63, 3.8) is 0 Å². The summed E-state index contributed by atoms with van der Waals surface area (Å²) < 4.78 is 17.5. The molecule has 0 amide bonds. The van der Waals surface area contributed by atoms with Crippen molar-refractivity contribution in [3.05, 3.63) is 51.1 Å². The number of H-pyrrole nitrogens is 1. The molecule has 1 fully saturated rings. The average Bonchev–Trinajstić information content (AvgIpc) is 2.91. The highest BCUT2D eigenvalue weighted by atomic mass is 19.1. The molecule has 1 aliphatic rings. The summed E-state index contributed by atoms with van der Waals surface area (Å²) in [6, 6.07) is 4.21. The normalized spacial score (nSPS) is 15.0. The van der Waals surface area contributed by atoms with E-state index in [4.69, 9.17) is 0 Å². The minimum absolute atomic E-state index is 0.183. The van der Waals surface area contributed by atoms with Crippen LogP contribution in [0.25, 0.3) is 16.7 Å². The Morgan fingerprint density at radius 2 is 1.88 bits per heavy atom. The van der Waals surface area contributed by atoms with E-state index in [1.54, 1.807) is 17.8 Å². The number of aromatic amines is 1. The van der Waals surface area contributed by atoms with Gasteiger partial charge in [0.25, 0.3) is 5.56 Å². The molecule has 0 aliphatic carbocycles. The fourth-order valence-electron chi connectivity index (χ4n) is 3.25. The van der Waals surface area contributed by atoms with Crippen molar-refractivity contribution < 1.29 is 9.18 Å². The van der Waals surface area contributed by atoms with Gasteiger partial charge in [0.2, 0.25) is 0 Å². The van der Waals surface area contributed by atoms with Gasteiger partial charge in [0.05, 0.1) is 11.2 Å². The third kappa shape index (κ3) is 2.61. The Morgan fingerprint density at radius 3 is 2.58 bits per heavy atom. The molecule has 1 N–H and O–H groups in total. The first-order valence-electron chi connectivity index (χ1n) is 8.19. The zero-order valence-electron chi connectivity index (χ0n) is 14.0. The first-order chi connectivity index (χ1) is 12.4. The lowest BCUT2D eigenvalue weighted by molar-refractivity contribution is -0.119. The van der Waals surface area contributed by atoms with Gasteiger partial charge in [-0.15, -0.1) is 0 Å². The summed E-state index contributed by atoms with van der Waals surface area (Å²) in [6.45, 7) is 0.955. The molecule has 9 heteroatoms. The number of aryl methyl sites for hydroxylation is 1. The SMILES string of the molecule is Cn1nc(-n2ccc(=O)[nH]c2=O)c2cc(F)c(N3CCC(=O)CC3)cc21. The van der Waals surface area contributed by atoms with Crippen LogP contribution in [0.5, 0.6) is 0 Å². The summed E-state index contributed by atoms with van der Waals surface area (Å²) in [5, 5.41) is 4.76. The van der Waals surface area contributed by atoms with Gasteiger partial charge in [0.15, 0.2) is 5.82 Å². The number of benzene rings is 1. The molecule has 4 rings (SSSR count). The number of hydrogen-bond donors (Lipinski definition) is 1. The number of rotatable bonds is 2. The van der Waals surface area contributed by atoms with Gasteiger partial charge in [0, 0.05) is 50.6 Å². The molecule has 1 saturated heterocycles. The second kappa shape index (κ2) is 5.94. The van der Waals surface area contributed by atoms with Gasteiger partial charge in [-0.05, 0) is 12.1 Å². The number of carbonyl (C=O) groups is 1. The number of piperidine rings is 1. The zero-order valence-corrected chi connectivity index (χ0v) is 14.0. The van der Waals surface area contributed by atoms with Crippen LogP contribution in [-0.4, -0.2) is 38.2 Å². The van der Waals surface area contributed by atoms with Gasteiger partial charge < -0.3 is 4.90 Å². The maximum atomic E-state index is 14.8. The van der Waals surface area contributed by atoms with Crippen LogP contribution in [-0.2, 0) is 11.8 Å². The topological polar surface area (TPSA) is 93.0 Å². The molecular formula is C17H16FN5O3. The van der Waals surface area contributed by atoms with Gasteiger partial charge in [-0.3, -0.25) is 23.8 Å². The Hall–Kier alpha value is -3.23. The van der Waals surface area contributed by atoms with Crippen LogP contribution >= 0.6 is 0 Å². The van der Waals surface area contributed by atoms with E-state index >= 15 is 0 Å². The number of nitrogens with zero attached hydrogens (tertiary/aromatic N) is 4. The highest BCUT2D eigenvalue weighted by Gasteiger charge is 2.22.